The molecule has 134 valence electrons. The normalized spacial score (nSPS) is 15.7. The zero-order valence-electron chi connectivity index (χ0n) is 15.1. The summed E-state index contributed by atoms with van der Waals surface area (Å²) in [6.07, 6.45) is 2.18. The molecule has 0 atom stereocenters. The molecule has 0 saturated carbocycles. The molecule has 0 unspecified atom stereocenters. The molecule has 2 rings (SSSR count). The van der Waals surface area contributed by atoms with E-state index in [1.165, 1.54) is 0 Å². The summed E-state index contributed by atoms with van der Waals surface area (Å²) in [4.78, 5) is 22.7. The summed E-state index contributed by atoms with van der Waals surface area (Å²) in [5.41, 5.74) is -0.181. The van der Waals surface area contributed by atoms with E-state index in [9.17, 15) is 4.79 Å². The highest BCUT2D eigenvalue weighted by Gasteiger charge is 2.21. The highest BCUT2D eigenvalue weighted by molar-refractivity contribution is 5.86. The van der Waals surface area contributed by atoms with Gasteiger partial charge < -0.3 is 20.1 Å². The topological polar surface area (TPSA) is 95.6 Å². The van der Waals surface area contributed by atoms with Crippen LogP contribution in [0.3, 0.4) is 0 Å². The summed E-state index contributed by atoms with van der Waals surface area (Å²) in [7, 11) is 0. The average molecular weight is 336 g/mol. The van der Waals surface area contributed by atoms with E-state index in [1.807, 2.05) is 32.6 Å². The maximum absolute atomic E-state index is 12.1. The van der Waals surface area contributed by atoms with Crippen molar-refractivity contribution in [2.45, 2.75) is 52.5 Å². The van der Waals surface area contributed by atoms with Crippen LogP contribution >= 0.6 is 0 Å². The largest absolute Gasteiger partial charge is 0.357 e. The van der Waals surface area contributed by atoms with Crippen LogP contribution in [0.5, 0.6) is 0 Å². The number of aliphatic imine (C=N–C) groups is 1. The molecule has 1 aromatic rings. The number of likely N-dealkylation sites (tertiary alicyclic amines) is 1. The summed E-state index contributed by atoms with van der Waals surface area (Å²) in [6.45, 7) is 11.0. The van der Waals surface area contributed by atoms with Gasteiger partial charge in [-0.25, -0.2) is 4.99 Å². The van der Waals surface area contributed by atoms with Gasteiger partial charge in [-0.2, -0.15) is 4.98 Å². The van der Waals surface area contributed by atoms with E-state index in [0.29, 0.717) is 30.8 Å². The second kappa shape index (κ2) is 8.12. The van der Waals surface area contributed by atoms with E-state index in [4.69, 9.17) is 4.52 Å². The number of rotatable bonds is 5. The second-order valence-corrected chi connectivity index (χ2v) is 6.90. The van der Waals surface area contributed by atoms with Crippen LogP contribution in [-0.2, 0) is 16.8 Å². The lowest BCUT2D eigenvalue weighted by atomic mass is 9.97. The number of aromatic nitrogens is 2. The third-order valence-corrected chi connectivity index (χ3v) is 3.70. The second-order valence-electron chi connectivity index (χ2n) is 6.90. The van der Waals surface area contributed by atoms with E-state index in [2.05, 4.69) is 25.8 Å². The maximum atomic E-state index is 12.1. The fourth-order valence-corrected chi connectivity index (χ4v) is 2.35. The molecule has 2 N–H and O–H groups in total. The molecular formula is C16H28N6O2. The zero-order valence-corrected chi connectivity index (χ0v) is 15.1. The Kier molecular flexibility index (Phi) is 6.16. The van der Waals surface area contributed by atoms with E-state index < -0.39 is 0 Å². The Morgan fingerprint density at radius 2 is 2.00 bits per heavy atom. The molecule has 1 fully saturated rings. The fraction of sp³-hybridized carbons (Fsp3) is 0.750. The van der Waals surface area contributed by atoms with Crippen molar-refractivity contribution in [1.82, 2.24) is 25.7 Å². The first kappa shape index (κ1) is 18.2. The molecule has 1 aromatic heterocycles. The highest BCUT2D eigenvalue weighted by atomic mass is 16.5. The van der Waals surface area contributed by atoms with Gasteiger partial charge in [-0.3, -0.25) is 4.79 Å². The van der Waals surface area contributed by atoms with E-state index in [1.54, 1.807) is 0 Å². The summed E-state index contributed by atoms with van der Waals surface area (Å²) in [5.74, 6) is 1.80. The number of carbonyl (C=O) groups excluding carboxylic acids is 1. The fourth-order valence-electron chi connectivity index (χ4n) is 2.35. The zero-order chi connectivity index (χ0) is 17.6. The predicted molar refractivity (Wildman–Crippen MR) is 91.6 cm³/mol. The predicted octanol–water partition coefficient (Wildman–Crippen LogP) is 1.04. The van der Waals surface area contributed by atoms with Gasteiger partial charge in [0.15, 0.2) is 11.8 Å². The lowest BCUT2D eigenvalue weighted by Gasteiger charge is -2.17. The molecule has 8 heteroatoms. The van der Waals surface area contributed by atoms with E-state index in [0.717, 1.165) is 25.9 Å². The monoisotopic (exact) mass is 336 g/mol. The standard InChI is InChI=1S/C16H28N6O2/c1-5-17-15(19-11-13(23)22-8-6-7-9-22)18-10-12-20-14(24-21-12)16(2,3)4/h5-11H2,1-4H3,(H2,17,18,19). The number of hydrogen-bond acceptors (Lipinski definition) is 5. The van der Waals surface area contributed by atoms with Crippen LogP contribution in [-0.4, -0.2) is 53.1 Å². The van der Waals surface area contributed by atoms with Gasteiger partial charge in [0.2, 0.25) is 11.8 Å². The summed E-state index contributed by atoms with van der Waals surface area (Å²) in [6, 6.07) is 0. The van der Waals surface area contributed by atoms with Gasteiger partial charge in [-0.1, -0.05) is 25.9 Å². The number of nitrogens with zero attached hydrogens (tertiary/aromatic N) is 4. The van der Waals surface area contributed by atoms with Crippen LogP contribution in [0.2, 0.25) is 0 Å². The molecule has 1 saturated heterocycles. The number of nitrogens with one attached hydrogen (secondary N) is 2. The van der Waals surface area contributed by atoms with Crippen LogP contribution in [0.4, 0.5) is 0 Å². The molecule has 1 aliphatic rings. The number of carbonyl (C=O) groups is 1. The molecule has 0 aromatic carbocycles. The van der Waals surface area contributed by atoms with Gasteiger partial charge in [-0.15, -0.1) is 0 Å². The Balaban J connectivity index is 1.90. The molecule has 0 radical (unpaired) electrons. The molecule has 1 aliphatic heterocycles. The Morgan fingerprint density at radius 1 is 1.29 bits per heavy atom. The average Bonchev–Trinajstić information content (AvgIpc) is 3.20. The lowest BCUT2D eigenvalue weighted by Crippen LogP contribution is -2.44. The molecule has 1 amide bonds. The summed E-state index contributed by atoms with van der Waals surface area (Å²) < 4.78 is 5.26. The van der Waals surface area contributed by atoms with Gasteiger partial charge in [0.1, 0.15) is 6.54 Å². The van der Waals surface area contributed by atoms with Gasteiger partial charge in [0, 0.05) is 25.0 Å². The van der Waals surface area contributed by atoms with Gasteiger partial charge in [0.05, 0.1) is 6.54 Å². The van der Waals surface area contributed by atoms with Gasteiger partial charge >= 0.3 is 0 Å². The van der Waals surface area contributed by atoms with Crippen molar-refractivity contribution in [2.24, 2.45) is 4.99 Å². The van der Waals surface area contributed by atoms with Gasteiger partial charge in [-0.05, 0) is 19.8 Å². The minimum absolute atomic E-state index is 0.104. The molecular weight excluding hydrogens is 308 g/mol. The van der Waals surface area contributed by atoms with Crippen molar-refractivity contribution in [3.63, 3.8) is 0 Å². The Hall–Kier alpha value is -2.12. The SMILES string of the molecule is CCNC(=NCc1noc(C(C)(C)C)n1)NCC(=O)N1CCCC1. The summed E-state index contributed by atoms with van der Waals surface area (Å²) >= 11 is 0. The van der Waals surface area contributed by atoms with E-state index in [-0.39, 0.29) is 17.9 Å². The van der Waals surface area contributed by atoms with Crippen molar-refractivity contribution in [2.75, 3.05) is 26.2 Å². The number of guanidine groups is 1. The van der Waals surface area contributed by atoms with E-state index >= 15 is 0 Å². The third kappa shape index (κ3) is 5.21. The first-order valence-corrected chi connectivity index (χ1v) is 8.53. The van der Waals surface area contributed by atoms with Crippen molar-refractivity contribution in [1.29, 1.82) is 0 Å². The summed E-state index contributed by atoms with van der Waals surface area (Å²) in [5, 5.41) is 10.1. The Labute approximate surface area is 143 Å². The van der Waals surface area contributed by atoms with Crippen LogP contribution in [0.25, 0.3) is 0 Å². The third-order valence-electron chi connectivity index (χ3n) is 3.70. The Morgan fingerprint density at radius 3 is 2.58 bits per heavy atom. The molecule has 2 heterocycles. The first-order chi connectivity index (χ1) is 11.4. The van der Waals surface area contributed by atoms with Crippen molar-refractivity contribution < 1.29 is 9.32 Å². The molecule has 24 heavy (non-hydrogen) atoms. The van der Waals surface area contributed by atoms with Crippen LogP contribution < -0.4 is 10.6 Å². The molecule has 0 bridgehead atoms. The lowest BCUT2D eigenvalue weighted by molar-refractivity contribution is -0.128. The van der Waals surface area contributed by atoms with Crippen molar-refractivity contribution in [3.05, 3.63) is 11.7 Å². The quantitative estimate of drug-likeness (QED) is 0.616. The highest BCUT2D eigenvalue weighted by Crippen LogP contribution is 2.19. The first-order valence-electron chi connectivity index (χ1n) is 8.53. The van der Waals surface area contributed by atoms with Crippen LogP contribution in [0.15, 0.2) is 9.52 Å². The molecule has 0 aliphatic carbocycles. The minimum atomic E-state index is -0.181. The molecule has 0 spiro atoms. The Bertz CT molecular complexity index is 569. The van der Waals surface area contributed by atoms with Crippen molar-refractivity contribution in [3.8, 4) is 0 Å². The maximum Gasteiger partial charge on any atom is 0.241 e. The number of hydrogen-bond donors (Lipinski definition) is 2. The van der Waals surface area contributed by atoms with Crippen LogP contribution in [0, 0.1) is 0 Å². The molecule has 8 nitrogen and oxygen atoms in total. The number of amides is 1. The smallest absolute Gasteiger partial charge is 0.241 e. The van der Waals surface area contributed by atoms with Crippen LogP contribution in [0.1, 0.15) is 52.3 Å². The van der Waals surface area contributed by atoms with Gasteiger partial charge in [0.25, 0.3) is 0 Å². The van der Waals surface area contributed by atoms with Crippen molar-refractivity contribution >= 4 is 11.9 Å². The minimum Gasteiger partial charge on any atom is -0.357 e.